The van der Waals surface area contributed by atoms with Crippen molar-refractivity contribution in [3.8, 4) is 0 Å². The number of fused-ring (bicyclic) bond motifs is 1. The lowest BCUT2D eigenvalue weighted by atomic mass is 9.97. The second kappa shape index (κ2) is 6.93. The van der Waals surface area contributed by atoms with Crippen molar-refractivity contribution in [2.75, 3.05) is 25.6 Å². The van der Waals surface area contributed by atoms with Crippen LogP contribution < -0.4 is 0 Å². The second-order valence-electron chi connectivity index (χ2n) is 5.96. The summed E-state index contributed by atoms with van der Waals surface area (Å²) in [5.41, 5.74) is 2.84. The summed E-state index contributed by atoms with van der Waals surface area (Å²) in [7, 11) is 0. The summed E-state index contributed by atoms with van der Waals surface area (Å²) in [4.78, 5) is 2.56. The van der Waals surface area contributed by atoms with E-state index in [0.717, 1.165) is 25.5 Å². The molecule has 1 fully saturated rings. The molecule has 2 aliphatic rings. The van der Waals surface area contributed by atoms with Gasteiger partial charge in [-0.15, -0.1) is 11.6 Å². The number of hydrogen-bond donors (Lipinski definition) is 0. The Balaban J connectivity index is 1.73. The quantitative estimate of drug-likeness (QED) is 0.786. The van der Waals surface area contributed by atoms with E-state index >= 15 is 0 Å². The average Bonchev–Trinajstić information content (AvgIpc) is 2.72. The monoisotopic (exact) mass is 293 g/mol. The highest BCUT2D eigenvalue weighted by atomic mass is 35.5. The largest absolute Gasteiger partial charge is 0.372 e. The highest BCUT2D eigenvalue weighted by molar-refractivity contribution is 6.18. The zero-order valence-corrected chi connectivity index (χ0v) is 12.8. The maximum absolute atomic E-state index is 6.18. The van der Waals surface area contributed by atoms with Crippen molar-refractivity contribution in [3.63, 3.8) is 0 Å². The minimum Gasteiger partial charge on any atom is -0.372 e. The maximum atomic E-state index is 6.18. The predicted octanol–water partition coefficient (Wildman–Crippen LogP) is 3.78. The van der Waals surface area contributed by atoms with E-state index in [1.807, 2.05) is 0 Å². The molecular formula is C17H24ClNO. The number of likely N-dealkylation sites (tertiary alicyclic amines) is 1. The van der Waals surface area contributed by atoms with E-state index in [0.29, 0.717) is 6.04 Å². The van der Waals surface area contributed by atoms with Gasteiger partial charge in [0.2, 0.25) is 0 Å². The van der Waals surface area contributed by atoms with Crippen LogP contribution in [-0.4, -0.2) is 36.5 Å². The first-order valence-corrected chi connectivity index (χ1v) is 8.41. The Morgan fingerprint density at radius 3 is 3.00 bits per heavy atom. The molecule has 2 unspecified atom stereocenters. The first-order valence-electron chi connectivity index (χ1n) is 7.88. The van der Waals surface area contributed by atoms with Gasteiger partial charge >= 0.3 is 0 Å². The fourth-order valence-electron chi connectivity index (χ4n) is 3.49. The molecule has 20 heavy (non-hydrogen) atoms. The Morgan fingerprint density at radius 2 is 2.10 bits per heavy atom. The Labute approximate surface area is 127 Å². The number of ether oxygens (including phenoxy) is 1. The molecule has 1 saturated heterocycles. The van der Waals surface area contributed by atoms with Gasteiger partial charge < -0.3 is 4.74 Å². The van der Waals surface area contributed by atoms with Crippen molar-refractivity contribution in [1.82, 2.24) is 4.90 Å². The van der Waals surface area contributed by atoms with Crippen molar-refractivity contribution in [1.29, 1.82) is 0 Å². The number of alkyl halides is 1. The van der Waals surface area contributed by atoms with E-state index in [4.69, 9.17) is 16.3 Å². The number of hydrogen-bond acceptors (Lipinski definition) is 2. The Hall–Kier alpha value is -0.570. The van der Waals surface area contributed by atoms with Crippen molar-refractivity contribution in [3.05, 3.63) is 35.4 Å². The standard InChI is InChI=1S/C17H24ClNO/c18-12-15-7-2-1-5-10-19(15)13-17-16-8-4-3-6-14(16)9-11-20-17/h3-4,6,8,15,17H,1-2,5,7,9-13H2. The van der Waals surface area contributed by atoms with Gasteiger partial charge in [0.15, 0.2) is 0 Å². The molecule has 1 aromatic rings. The molecule has 0 radical (unpaired) electrons. The van der Waals surface area contributed by atoms with Gasteiger partial charge in [-0.05, 0) is 36.9 Å². The highest BCUT2D eigenvalue weighted by Crippen LogP contribution is 2.29. The second-order valence-corrected chi connectivity index (χ2v) is 6.27. The SMILES string of the molecule is ClCC1CCCCCN1CC1OCCc2ccccc21. The van der Waals surface area contributed by atoms with E-state index in [9.17, 15) is 0 Å². The van der Waals surface area contributed by atoms with Crippen LogP contribution in [0.1, 0.15) is 42.9 Å². The van der Waals surface area contributed by atoms with Crippen LogP contribution in [0.2, 0.25) is 0 Å². The Bertz CT molecular complexity index is 437. The van der Waals surface area contributed by atoms with Gasteiger partial charge in [-0.3, -0.25) is 4.90 Å². The van der Waals surface area contributed by atoms with Crippen LogP contribution in [0.5, 0.6) is 0 Å². The molecule has 110 valence electrons. The van der Waals surface area contributed by atoms with Crippen LogP contribution in [-0.2, 0) is 11.2 Å². The highest BCUT2D eigenvalue weighted by Gasteiger charge is 2.27. The van der Waals surface area contributed by atoms with E-state index in [1.54, 1.807) is 0 Å². The third-order valence-electron chi connectivity index (χ3n) is 4.67. The molecule has 0 spiro atoms. The molecule has 2 aliphatic heterocycles. The molecule has 2 heterocycles. The van der Waals surface area contributed by atoms with Crippen molar-refractivity contribution in [2.24, 2.45) is 0 Å². The lowest BCUT2D eigenvalue weighted by molar-refractivity contribution is 0.00856. The molecule has 0 saturated carbocycles. The van der Waals surface area contributed by atoms with Crippen molar-refractivity contribution in [2.45, 2.75) is 44.2 Å². The van der Waals surface area contributed by atoms with Crippen LogP contribution in [0.15, 0.2) is 24.3 Å². The molecule has 0 aromatic heterocycles. The van der Waals surface area contributed by atoms with Crippen molar-refractivity contribution >= 4 is 11.6 Å². The zero-order valence-electron chi connectivity index (χ0n) is 12.1. The lowest BCUT2D eigenvalue weighted by Gasteiger charge is -2.34. The van der Waals surface area contributed by atoms with Gasteiger partial charge in [0.25, 0.3) is 0 Å². The molecule has 3 rings (SSSR count). The van der Waals surface area contributed by atoms with E-state index in [-0.39, 0.29) is 6.10 Å². The van der Waals surface area contributed by atoms with E-state index < -0.39 is 0 Å². The summed E-state index contributed by atoms with van der Waals surface area (Å²) < 4.78 is 6.06. The van der Waals surface area contributed by atoms with Crippen LogP contribution in [0.4, 0.5) is 0 Å². The van der Waals surface area contributed by atoms with Crippen LogP contribution in [0, 0.1) is 0 Å². The number of benzene rings is 1. The third kappa shape index (κ3) is 3.19. The molecule has 0 amide bonds. The zero-order chi connectivity index (χ0) is 13.8. The molecular weight excluding hydrogens is 270 g/mol. The van der Waals surface area contributed by atoms with Gasteiger partial charge in [0.05, 0.1) is 12.7 Å². The fourth-order valence-corrected chi connectivity index (χ4v) is 3.84. The predicted molar refractivity (Wildman–Crippen MR) is 83.4 cm³/mol. The van der Waals surface area contributed by atoms with Crippen LogP contribution in [0.25, 0.3) is 0 Å². The van der Waals surface area contributed by atoms with E-state index in [2.05, 4.69) is 29.2 Å². The van der Waals surface area contributed by atoms with Gasteiger partial charge in [-0.25, -0.2) is 0 Å². The first-order chi connectivity index (χ1) is 9.88. The summed E-state index contributed by atoms with van der Waals surface area (Å²) in [6.45, 7) is 3.01. The smallest absolute Gasteiger partial charge is 0.0954 e. The summed E-state index contributed by atoms with van der Waals surface area (Å²) >= 11 is 6.18. The normalized spacial score (nSPS) is 27.9. The summed E-state index contributed by atoms with van der Waals surface area (Å²) in [5.74, 6) is 0.744. The molecule has 0 bridgehead atoms. The molecule has 3 heteroatoms. The summed E-state index contributed by atoms with van der Waals surface area (Å²) in [5, 5.41) is 0. The Kier molecular flexibility index (Phi) is 4.98. The van der Waals surface area contributed by atoms with Crippen molar-refractivity contribution < 1.29 is 4.74 Å². The first kappa shape index (κ1) is 14.4. The molecule has 0 aliphatic carbocycles. The topological polar surface area (TPSA) is 12.5 Å². The molecule has 2 nitrogen and oxygen atoms in total. The lowest BCUT2D eigenvalue weighted by Crippen LogP contribution is -2.40. The van der Waals surface area contributed by atoms with Gasteiger partial charge in [0.1, 0.15) is 0 Å². The molecule has 0 N–H and O–H groups in total. The number of halogens is 1. The number of nitrogens with zero attached hydrogens (tertiary/aromatic N) is 1. The molecule has 1 aromatic carbocycles. The summed E-state index contributed by atoms with van der Waals surface area (Å²) in [6.07, 6.45) is 6.46. The third-order valence-corrected chi connectivity index (χ3v) is 5.03. The van der Waals surface area contributed by atoms with Gasteiger partial charge in [0, 0.05) is 18.5 Å². The molecule has 2 atom stereocenters. The number of rotatable bonds is 3. The van der Waals surface area contributed by atoms with Gasteiger partial charge in [-0.2, -0.15) is 0 Å². The van der Waals surface area contributed by atoms with E-state index in [1.165, 1.54) is 43.4 Å². The van der Waals surface area contributed by atoms with Crippen LogP contribution in [0.3, 0.4) is 0 Å². The minimum atomic E-state index is 0.226. The Morgan fingerprint density at radius 1 is 1.20 bits per heavy atom. The summed E-state index contributed by atoms with van der Waals surface area (Å²) in [6, 6.07) is 9.26. The maximum Gasteiger partial charge on any atom is 0.0954 e. The van der Waals surface area contributed by atoms with Crippen LogP contribution >= 0.6 is 11.6 Å². The van der Waals surface area contributed by atoms with Gasteiger partial charge in [-0.1, -0.05) is 37.1 Å². The minimum absolute atomic E-state index is 0.226. The average molecular weight is 294 g/mol. The fraction of sp³-hybridized carbons (Fsp3) is 0.647.